The SMILES string of the molecule is COc1ccccc1OCCOc1ccc(-n2cnnn2)cc1. The third-order valence-electron chi connectivity index (χ3n) is 3.13. The highest BCUT2D eigenvalue weighted by Gasteiger charge is 2.03. The van der Waals surface area contributed by atoms with Gasteiger partial charge in [0.05, 0.1) is 12.8 Å². The fourth-order valence-corrected chi connectivity index (χ4v) is 2.02. The summed E-state index contributed by atoms with van der Waals surface area (Å²) in [6.07, 6.45) is 1.54. The van der Waals surface area contributed by atoms with E-state index in [1.165, 1.54) is 6.33 Å². The first-order valence-electron chi connectivity index (χ1n) is 7.09. The molecule has 0 aliphatic carbocycles. The minimum Gasteiger partial charge on any atom is -0.493 e. The van der Waals surface area contributed by atoms with Crippen molar-refractivity contribution in [3.05, 3.63) is 54.9 Å². The van der Waals surface area contributed by atoms with Gasteiger partial charge in [-0.25, -0.2) is 4.68 Å². The Morgan fingerprint density at radius 2 is 1.65 bits per heavy atom. The minimum absolute atomic E-state index is 0.426. The molecule has 0 unspecified atom stereocenters. The fraction of sp³-hybridized carbons (Fsp3) is 0.188. The first kappa shape index (κ1) is 14.8. The first-order valence-corrected chi connectivity index (χ1v) is 7.09. The lowest BCUT2D eigenvalue weighted by Gasteiger charge is -2.11. The van der Waals surface area contributed by atoms with E-state index >= 15 is 0 Å². The highest BCUT2D eigenvalue weighted by Crippen LogP contribution is 2.25. The molecule has 7 heteroatoms. The number of para-hydroxylation sites is 2. The van der Waals surface area contributed by atoms with Gasteiger partial charge in [-0.2, -0.15) is 0 Å². The van der Waals surface area contributed by atoms with Crippen LogP contribution in [0.15, 0.2) is 54.9 Å². The Balaban J connectivity index is 1.49. The highest BCUT2D eigenvalue weighted by atomic mass is 16.5. The van der Waals surface area contributed by atoms with E-state index in [4.69, 9.17) is 14.2 Å². The van der Waals surface area contributed by atoms with Crippen molar-refractivity contribution in [1.82, 2.24) is 20.2 Å². The number of nitrogens with zero attached hydrogens (tertiary/aromatic N) is 4. The number of tetrazole rings is 1. The second kappa shape index (κ2) is 7.26. The van der Waals surface area contributed by atoms with Crippen molar-refractivity contribution in [2.75, 3.05) is 20.3 Å². The largest absolute Gasteiger partial charge is 0.493 e. The summed E-state index contributed by atoms with van der Waals surface area (Å²) in [6, 6.07) is 15.0. The minimum atomic E-state index is 0.426. The second-order valence-electron chi connectivity index (χ2n) is 4.60. The van der Waals surface area contributed by atoms with Crippen LogP contribution in [-0.2, 0) is 0 Å². The summed E-state index contributed by atoms with van der Waals surface area (Å²) in [5, 5.41) is 11.0. The number of hydrogen-bond acceptors (Lipinski definition) is 6. The molecule has 0 amide bonds. The molecule has 0 N–H and O–H groups in total. The lowest BCUT2D eigenvalue weighted by molar-refractivity contribution is 0.211. The van der Waals surface area contributed by atoms with Crippen LogP contribution in [0.5, 0.6) is 17.2 Å². The standard InChI is InChI=1S/C16H16N4O3/c1-21-15-4-2-3-5-16(15)23-11-10-22-14-8-6-13(7-9-14)20-12-17-18-19-20/h2-9,12H,10-11H2,1H3. The summed E-state index contributed by atoms with van der Waals surface area (Å²) in [5.74, 6) is 2.16. The molecule has 1 aromatic heterocycles. The van der Waals surface area contributed by atoms with Crippen molar-refractivity contribution in [3.63, 3.8) is 0 Å². The molecular formula is C16H16N4O3. The smallest absolute Gasteiger partial charge is 0.161 e. The predicted octanol–water partition coefficient (Wildman–Crippen LogP) is 2.13. The van der Waals surface area contributed by atoms with E-state index in [0.29, 0.717) is 24.7 Å². The summed E-state index contributed by atoms with van der Waals surface area (Å²) in [4.78, 5) is 0. The number of rotatable bonds is 7. The third-order valence-corrected chi connectivity index (χ3v) is 3.13. The Labute approximate surface area is 133 Å². The number of ether oxygens (including phenoxy) is 3. The van der Waals surface area contributed by atoms with Crippen LogP contribution in [0.2, 0.25) is 0 Å². The Hall–Kier alpha value is -3.09. The summed E-state index contributed by atoms with van der Waals surface area (Å²) in [7, 11) is 1.62. The predicted molar refractivity (Wildman–Crippen MR) is 83.1 cm³/mol. The molecule has 0 aliphatic rings. The molecular weight excluding hydrogens is 296 g/mol. The van der Waals surface area contributed by atoms with Gasteiger partial charge in [0, 0.05) is 0 Å². The van der Waals surface area contributed by atoms with E-state index in [-0.39, 0.29) is 0 Å². The molecule has 0 atom stereocenters. The van der Waals surface area contributed by atoms with Crippen LogP contribution in [0, 0.1) is 0 Å². The normalized spacial score (nSPS) is 10.3. The van der Waals surface area contributed by atoms with Gasteiger partial charge in [-0.05, 0) is 46.8 Å². The molecule has 3 rings (SSSR count). The Morgan fingerprint density at radius 3 is 2.35 bits per heavy atom. The number of hydrogen-bond donors (Lipinski definition) is 0. The molecule has 2 aromatic carbocycles. The van der Waals surface area contributed by atoms with E-state index in [9.17, 15) is 0 Å². The molecule has 0 radical (unpaired) electrons. The van der Waals surface area contributed by atoms with Crippen LogP contribution in [0.4, 0.5) is 0 Å². The third kappa shape index (κ3) is 3.76. The molecule has 0 spiro atoms. The van der Waals surface area contributed by atoms with Crippen LogP contribution >= 0.6 is 0 Å². The lowest BCUT2D eigenvalue weighted by atomic mass is 10.3. The average molecular weight is 312 g/mol. The molecule has 7 nitrogen and oxygen atoms in total. The van der Waals surface area contributed by atoms with Gasteiger partial charge in [-0.15, -0.1) is 5.10 Å². The molecule has 0 bridgehead atoms. The maximum absolute atomic E-state index is 5.65. The zero-order valence-corrected chi connectivity index (χ0v) is 12.6. The van der Waals surface area contributed by atoms with Crippen molar-refractivity contribution < 1.29 is 14.2 Å². The van der Waals surface area contributed by atoms with Gasteiger partial charge in [0.15, 0.2) is 11.5 Å². The van der Waals surface area contributed by atoms with E-state index in [1.807, 2.05) is 48.5 Å². The Kier molecular flexibility index (Phi) is 4.68. The zero-order chi connectivity index (χ0) is 15.9. The molecule has 118 valence electrons. The van der Waals surface area contributed by atoms with Crippen LogP contribution in [0.25, 0.3) is 5.69 Å². The quantitative estimate of drug-likeness (QED) is 0.622. The maximum atomic E-state index is 5.65. The van der Waals surface area contributed by atoms with Crippen LogP contribution < -0.4 is 14.2 Å². The summed E-state index contributed by atoms with van der Waals surface area (Å²) < 4.78 is 18.1. The summed E-state index contributed by atoms with van der Waals surface area (Å²) >= 11 is 0. The van der Waals surface area contributed by atoms with Gasteiger partial charge in [0.1, 0.15) is 25.3 Å². The monoisotopic (exact) mass is 312 g/mol. The van der Waals surface area contributed by atoms with E-state index < -0.39 is 0 Å². The molecule has 0 saturated heterocycles. The van der Waals surface area contributed by atoms with E-state index in [0.717, 1.165) is 11.4 Å². The lowest BCUT2D eigenvalue weighted by Crippen LogP contribution is -2.09. The van der Waals surface area contributed by atoms with Gasteiger partial charge >= 0.3 is 0 Å². The molecule has 3 aromatic rings. The van der Waals surface area contributed by atoms with Crippen LogP contribution in [0.1, 0.15) is 0 Å². The molecule has 0 saturated carbocycles. The first-order chi connectivity index (χ1) is 11.4. The van der Waals surface area contributed by atoms with Crippen molar-refractivity contribution in [2.24, 2.45) is 0 Å². The summed E-state index contributed by atoms with van der Waals surface area (Å²) in [6.45, 7) is 0.859. The Morgan fingerprint density at radius 1 is 0.913 bits per heavy atom. The second-order valence-corrected chi connectivity index (χ2v) is 4.60. The van der Waals surface area contributed by atoms with Crippen molar-refractivity contribution in [2.45, 2.75) is 0 Å². The number of benzene rings is 2. The van der Waals surface area contributed by atoms with Gasteiger partial charge in [-0.3, -0.25) is 0 Å². The van der Waals surface area contributed by atoms with E-state index in [2.05, 4.69) is 15.5 Å². The van der Waals surface area contributed by atoms with Gasteiger partial charge in [-0.1, -0.05) is 12.1 Å². The van der Waals surface area contributed by atoms with Crippen molar-refractivity contribution in [1.29, 1.82) is 0 Å². The molecule has 0 aliphatic heterocycles. The Bertz CT molecular complexity index is 729. The van der Waals surface area contributed by atoms with Gasteiger partial charge in [0.2, 0.25) is 0 Å². The van der Waals surface area contributed by atoms with Gasteiger partial charge in [0.25, 0.3) is 0 Å². The van der Waals surface area contributed by atoms with Crippen molar-refractivity contribution in [3.8, 4) is 22.9 Å². The topological polar surface area (TPSA) is 71.3 Å². The van der Waals surface area contributed by atoms with Gasteiger partial charge < -0.3 is 14.2 Å². The number of methoxy groups -OCH3 is 1. The average Bonchev–Trinajstić information content (AvgIpc) is 3.14. The summed E-state index contributed by atoms with van der Waals surface area (Å²) in [5.41, 5.74) is 0.868. The van der Waals surface area contributed by atoms with Crippen molar-refractivity contribution >= 4 is 0 Å². The van der Waals surface area contributed by atoms with Crippen LogP contribution in [-0.4, -0.2) is 40.5 Å². The maximum Gasteiger partial charge on any atom is 0.161 e. The molecule has 1 heterocycles. The number of aromatic nitrogens is 4. The van der Waals surface area contributed by atoms with E-state index in [1.54, 1.807) is 11.8 Å². The van der Waals surface area contributed by atoms with Crippen LogP contribution in [0.3, 0.4) is 0 Å². The molecule has 0 fully saturated rings. The highest BCUT2D eigenvalue weighted by molar-refractivity contribution is 5.39. The zero-order valence-electron chi connectivity index (χ0n) is 12.6. The molecule has 23 heavy (non-hydrogen) atoms. The fourth-order valence-electron chi connectivity index (χ4n) is 2.02.